The SMILES string of the molecule is COc1ccc2ncc(F)c(CCCN3CCN(C(=O)CSc4ccccc4)C[C@@H]3C(=O)O)c2c1. The van der Waals surface area contributed by atoms with Crippen LogP contribution in [0.3, 0.4) is 0 Å². The third-order valence-electron chi connectivity index (χ3n) is 6.24. The molecule has 1 saturated heterocycles. The third-order valence-corrected chi connectivity index (χ3v) is 7.24. The number of carboxylic acid groups (broad SMARTS) is 1. The molecule has 1 N–H and O–H groups in total. The molecule has 2 aromatic carbocycles. The molecule has 1 aromatic heterocycles. The van der Waals surface area contributed by atoms with Crippen molar-refractivity contribution >= 4 is 34.5 Å². The highest BCUT2D eigenvalue weighted by Gasteiger charge is 2.33. The summed E-state index contributed by atoms with van der Waals surface area (Å²) in [6.07, 6.45) is 2.24. The Morgan fingerprint density at radius 3 is 2.74 bits per heavy atom. The summed E-state index contributed by atoms with van der Waals surface area (Å²) in [5.41, 5.74) is 1.23. The van der Waals surface area contributed by atoms with E-state index in [1.54, 1.807) is 30.2 Å². The van der Waals surface area contributed by atoms with Gasteiger partial charge in [-0.2, -0.15) is 0 Å². The smallest absolute Gasteiger partial charge is 0.322 e. The molecule has 1 aliphatic rings. The lowest BCUT2D eigenvalue weighted by atomic mass is 10.0. The minimum atomic E-state index is -0.955. The number of hydrogen-bond acceptors (Lipinski definition) is 6. The lowest BCUT2D eigenvalue weighted by molar-refractivity contribution is -0.148. The lowest BCUT2D eigenvalue weighted by Crippen LogP contribution is -2.58. The van der Waals surface area contributed by atoms with Gasteiger partial charge in [0.2, 0.25) is 5.91 Å². The van der Waals surface area contributed by atoms with Gasteiger partial charge in [-0.1, -0.05) is 18.2 Å². The van der Waals surface area contributed by atoms with E-state index in [4.69, 9.17) is 4.74 Å². The summed E-state index contributed by atoms with van der Waals surface area (Å²) in [5.74, 6) is -0.503. The average Bonchev–Trinajstić information content (AvgIpc) is 2.88. The van der Waals surface area contributed by atoms with Crippen LogP contribution in [0.2, 0.25) is 0 Å². The maximum absolute atomic E-state index is 14.6. The molecule has 0 radical (unpaired) electrons. The molecule has 7 nitrogen and oxygen atoms in total. The Morgan fingerprint density at radius 2 is 2.00 bits per heavy atom. The standard InChI is InChI=1S/C26H28FN3O4S/c1-34-18-9-10-23-21(14-18)20(22(27)15-28-23)8-5-11-29-12-13-30(16-24(29)26(32)33)25(31)17-35-19-6-3-2-4-7-19/h2-4,6-7,9-10,14-15,24H,5,8,11-13,16-17H2,1H3,(H,32,33)/t24-/m1/s1. The van der Waals surface area contributed by atoms with Crippen LogP contribution in [0, 0.1) is 5.82 Å². The van der Waals surface area contributed by atoms with Gasteiger partial charge >= 0.3 is 5.97 Å². The van der Waals surface area contributed by atoms with Crippen molar-refractivity contribution in [3.8, 4) is 5.75 Å². The van der Waals surface area contributed by atoms with E-state index in [0.29, 0.717) is 54.7 Å². The minimum Gasteiger partial charge on any atom is -0.497 e. The number of rotatable bonds is 9. The van der Waals surface area contributed by atoms with Gasteiger partial charge in [0.05, 0.1) is 24.6 Å². The van der Waals surface area contributed by atoms with Crippen molar-refractivity contribution in [1.29, 1.82) is 0 Å². The van der Waals surface area contributed by atoms with Gasteiger partial charge in [0.15, 0.2) is 0 Å². The number of piperazine rings is 1. The normalized spacial score (nSPS) is 16.4. The molecule has 184 valence electrons. The Labute approximate surface area is 207 Å². The van der Waals surface area contributed by atoms with Gasteiger partial charge in [0.25, 0.3) is 0 Å². The van der Waals surface area contributed by atoms with Crippen LogP contribution in [0.5, 0.6) is 5.75 Å². The van der Waals surface area contributed by atoms with Gasteiger partial charge in [-0.05, 0) is 55.3 Å². The Kier molecular flexibility index (Phi) is 8.20. The molecular weight excluding hydrogens is 469 g/mol. The van der Waals surface area contributed by atoms with E-state index in [1.165, 1.54) is 18.0 Å². The first kappa shape index (κ1) is 24.9. The summed E-state index contributed by atoms with van der Waals surface area (Å²) >= 11 is 1.45. The van der Waals surface area contributed by atoms with Gasteiger partial charge in [-0.15, -0.1) is 11.8 Å². The number of ether oxygens (including phenoxy) is 1. The van der Waals surface area contributed by atoms with Crippen LogP contribution in [-0.4, -0.2) is 76.9 Å². The summed E-state index contributed by atoms with van der Waals surface area (Å²) in [6.45, 7) is 1.58. The fourth-order valence-corrected chi connectivity index (χ4v) is 5.17. The zero-order valence-electron chi connectivity index (χ0n) is 19.5. The lowest BCUT2D eigenvalue weighted by Gasteiger charge is -2.39. The number of thioether (sulfide) groups is 1. The maximum Gasteiger partial charge on any atom is 0.322 e. The third kappa shape index (κ3) is 6.10. The van der Waals surface area contributed by atoms with Crippen LogP contribution >= 0.6 is 11.8 Å². The van der Waals surface area contributed by atoms with Gasteiger partial charge in [-0.3, -0.25) is 19.5 Å². The van der Waals surface area contributed by atoms with Gasteiger partial charge in [-0.25, -0.2) is 4.39 Å². The van der Waals surface area contributed by atoms with E-state index in [2.05, 4.69) is 4.98 Å². The molecule has 1 atom stereocenters. The highest BCUT2D eigenvalue weighted by molar-refractivity contribution is 8.00. The highest BCUT2D eigenvalue weighted by atomic mass is 32.2. The van der Waals surface area contributed by atoms with E-state index in [0.717, 1.165) is 4.90 Å². The number of carbonyl (C=O) groups is 2. The molecule has 0 unspecified atom stereocenters. The molecule has 9 heteroatoms. The van der Waals surface area contributed by atoms with Gasteiger partial charge < -0.3 is 14.7 Å². The van der Waals surface area contributed by atoms with Crippen LogP contribution in [-0.2, 0) is 16.0 Å². The molecule has 4 rings (SSSR count). The van der Waals surface area contributed by atoms with Crippen LogP contribution in [0.15, 0.2) is 59.6 Å². The number of aryl methyl sites for hydroxylation is 1. The zero-order chi connectivity index (χ0) is 24.8. The van der Waals surface area contributed by atoms with E-state index in [-0.39, 0.29) is 24.0 Å². The number of benzene rings is 2. The summed E-state index contributed by atoms with van der Waals surface area (Å²) in [7, 11) is 1.56. The molecule has 2 heterocycles. The van der Waals surface area contributed by atoms with E-state index >= 15 is 0 Å². The Hall–Kier alpha value is -3.17. The van der Waals surface area contributed by atoms with Crippen molar-refractivity contribution in [3.05, 3.63) is 66.1 Å². The molecule has 1 fully saturated rings. The molecule has 0 aliphatic carbocycles. The minimum absolute atomic E-state index is 0.0657. The molecule has 3 aromatic rings. The Bertz CT molecular complexity index is 1190. The molecule has 1 amide bonds. The van der Waals surface area contributed by atoms with Crippen LogP contribution in [0.4, 0.5) is 4.39 Å². The van der Waals surface area contributed by atoms with Crippen LogP contribution in [0.1, 0.15) is 12.0 Å². The largest absolute Gasteiger partial charge is 0.497 e. The first-order valence-electron chi connectivity index (χ1n) is 11.5. The van der Waals surface area contributed by atoms with Crippen molar-refractivity contribution < 1.29 is 23.8 Å². The number of carboxylic acids is 1. The first-order valence-corrected chi connectivity index (χ1v) is 12.5. The van der Waals surface area contributed by atoms with Crippen molar-refractivity contribution in [1.82, 2.24) is 14.8 Å². The molecule has 0 bridgehead atoms. The molecule has 1 aliphatic heterocycles. The number of aromatic nitrogens is 1. The quantitative estimate of drug-likeness (QED) is 0.452. The molecule has 35 heavy (non-hydrogen) atoms. The number of fused-ring (bicyclic) bond motifs is 1. The van der Waals surface area contributed by atoms with Crippen molar-refractivity contribution in [2.45, 2.75) is 23.8 Å². The van der Waals surface area contributed by atoms with E-state index in [9.17, 15) is 19.1 Å². The van der Waals surface area contributed by atoms with Crippen molar-refractivity contribution in [3.63, 3.8) is 0 Å². The van der Waals surface area contributed by atoms with Crippen molar-refractivity contribution in [2.75, 3.05) is 39.0 Å². The van der Waals surface area contributed by atoms with Crippen molar-refractivity contribution in [2.24, 2.45) is 0 Å². The second-order valence-corrected chi connectivity index (χ2v) is 9.45. The van der Waals surface area contributed by atoms with E-state index < -0.39 is 12.0 Å². The summed E-state index contributed by atoms with van der Waals surface area (Å²) < 4.78 is 19.9. The maximum atomic E-state index is 14.6. The second kappa shape index (κ2) is 11.5. The van der Waals surface area contributed by atoms with Crippen LogP contribution < -0.4 is 4.74 Å². The number of nitrogens with zero attached hydrogens (tertiary/aromatic N) is 3. The number of aliphatic carboxylic acids is 1. The number of amides is 1. The zero-order valence-corrected chi connectivity index (χ0v) is 20.3. The number of pyridine rings is 1. The highest BCUT2D eigenvalue weighted by Crippen LogP contribution is 2.26. The fourth-order valence-electron chi connectivity index (χ4n) is 4.34. The summed E-state index contributed by atoms with van der Waals surface area (Å²) in [4.78, 5) is 33.3. The number of carbonyl (C=O) groups excluding carboxylic acids is 1. The first-order chi connectivity index (χ1) is 17.0. The summed E-state index contributed by atoms with van der Waals surface area (Å²) in [6, 6.07) is 14.2. The molecule has 0 spiro atoms. The topological polar surface area (TPSA) is 83.0 Å². The Morgan fingerprint density at radius 1 is 1.20 bits per heavy atom. The second-order valence-electron chi connectivity index (χ2n) is 8.40. The Balaban J connectivity index is 1.36. The fraction of sp³-hybridized carbons (Fsp3) is 0.346. The van der Waals surface area contributed by atoms with Crippen LogP contribution in [0.25, 0.3) is 10.9 Å². The predicted molar refractivity (Wildman–Crippen MR) is 133 cm³/mol. The monoisotopic (exact) mass is 497 g/mol. The predicted octanol–water partition coefficient (Wildman–Crippen LogP) is 3.70. The molecule has 0 saturated carbocycles. The molecular formula is C26H28FN3O4S. The van der Waals surface area contributed by atoms with E-state index in [1.807, 2.05) is 35.2 Å². The average molecular weight is 498 g/mol. The van der Waals surface area contributed by atoms with Gasteiger partial charge in [0.1, 0.15) is 17.6 Å². The number of methoxy groups -OCH3 is 1. The summed E-state index contributed by atoms with van der Waals surface area (Å²) in [5, 5.41) is 10.5. The number of halogens is 1. The van der Waals surface area contributed by atoms with Gasteiger partial charge in [0, 0.05) is 29.9 Å². The number of hydrogen-bond donors (Lipinski definition) is 1.